The molecule has 5 heteroatoms. The van der Waals surface area contributed by atoms with Gasteiger partial charge in [-0.25, -0.2) is 0 Å². The Morgan fingerprint density at radius 2 is 2.00 bits per heavy atom. The molecule has 0 amide bonds. The third-order valence-corrected chi connectivity index (χ3v) is 4.49. The number of ketones is 1. The third-order valence-electron chi connectivity index (χ3n) is 2.52. The Hall–Kier alpha value is -1.20. The van der Waals surface area contributed by atoms with Crippen molar-refractivity contribution in [2.75, 3.05) is 5.75 Å². The summed E-state index contributed by atoms with van der Waals surface area (Å²) in [4.78, 5) is 12.0. The smallest absolute Gasteiger partial charge is 0.174 e. The summed E-state index contributed by atoms with van der Waals surface area (Å²) in [5.41, 5.74) is 2.01. The van der Waals surface area contributed by atoms with E-state index >= 15 is 0 Å². The average molecular weight is 278 g/mol. The van der Waals surface area contributed by atoms with E-state index in [0.717, 1.165) is 21.3 Å². The average Bonchev–Trinajstić information content (AvgIpc) is 2.82. The van der Waals surface area contributed by atoms with E-state index in [0.29, 0.717) is 5.75 Å². The van der Waals surface area contributed by atoms with Crippen LogP contribution in [0.3, 0.4) is 0 Å². The Kier molecular flexibility index (Phi) is 4.49. The van der Waals surface area contributed by atoms with E-state index in [4.69, 9.17) is 0 Å². The van der Waals surface area contributed by atoms with E-state index in [2.05, 4.69) is 17.1 Å². The Balaban J connectivity index is 1.94. The van der Waals surface area contributed by atoms with Crippen LogP contribution < -0.4 is 0 Å². The highest BCUT2D eigenvalue weighted by molar-refractivity contribution is 8.01. The normalized spacial score (nSPS) is 10.6. The minimum absolute atomic E-state index is 0.135. The number of benzene rings is 1. The molecule has 0 unspecified atom stereocenters. The Labute approximate surface area is 115 Å². The molecule has 0 aliphatic rings. The molecule has 0 aliphatic carbocycles. The molecule has 1 aromatic heterocycles. The molecule has 94 valence electrons. The Morgan fingerprint density at radius 1 is 1.28 bits per heavy atom. The molecule has 2 rings (SSSR count). The second-order valence-electron chi connectivity index (χ2n) is 3.85. The van der Waals surface area contributed by atoms with Crippen LogP contribution in [0.1, 0.15) is 27.9 Å². The van der Waals surface area contributed by atoms with E-state index in [1.54, 1.807) is 0 Å². The van der Waals surface area contributed by atoms with Gasteiger partial charge < -0.3 is 0 Å². The van der Waals surface area contributed by atoms with Crippen molar-refractivity contribution in [3.05, 3.63) is 40.4 Å². The van der Waals surface area contributed by atoms with Crippen molar-refractivity contribution in [2.45, 2.75) is 24.6 Å². The fourth-order valence-corrected chi connectivity index (χ4v) is 3.18. The predicted molar refractivity (Wildman–Crippen MR) is 75.5 cm³/mol. The number of hydrogen-bond donors (Lipinski definition) is 0. The van der Waals surface area contributed by atoms with Crippen molar-refractivity contribution < 1.29 is 4.79 Å². The molecule has 0 bridgehead atoms. The van der Waals surface area contributed by atoms with Gasteiger partial charge in [-0.3, -0.25) is 4.79 Å². The standard InChI is InChI=1S/C13H14N2OS2/c1-3-10-4-6-11(7-5-10)12(16)8-17-13-15-14-9(2)18-13/h4-7H,3,8H2,1-2H3. The molecule has 1 heterocycles. The lowest BCUT2D eigenvalue weighted by atomic mass is 10.1. The van der Waals surface area contributed by atoms with Gasteiger partial charge in [-0.05, 0) is 18.9 Å². The number of rotatable bonds is 5. The highest BCUT2D eigenvalue weighted by Gasteiger charge is 2.08. The lowest BCUT2D eigenvalue weighted by molar-refractivity contribution is 0.102. The lowest BCUT2D eigenvalue weighted by Gasteiger charge is -2.01. The van der Waals surface area contributed by atoms with Crippen LogP contribution in [-0.4, -0.2) is 21.7 Å². The quantitative estimate of drug-likeness (QED) is 0.621. The van der Waals surface area contributed by atoms with Crippen LogP contribution in [0.5, 0.6) is 0 Å². The summed E-state index contributed by atoms with van der Waals surface area (Å²) in [6, 6.07) is 7.81. The van der Waals surface area contributed by atoms with Gasteiger partial charge in [0, 0.05) is 5.56 Å². The molecule has 0 spiro atoms. The van der Waals surface area contributed by atoms with Crippen LogP contribution in [0.4, 0.5) is 0 Å². The van der Waals surface area contributed by atoms with Gasteiger partial charge in [-0.2, -0.15) is 0 Å². The zero-order chi connectivity index (χ0) is 13.0. The van der Waals surface area contributed by atoms with Crippen molar-refractivity contribution >= 4 is 28.9 Å². The molecule has 0 aliphatic heterocycles. The lowest BCUT2D eigenvalue weighted by Crippen LogP contribution is -2.02. The highest BCUT2D eigenvalue weighted by Crippen LogP contribution is 2.22. The van der Waals surface area contributed by atoms with Gasteiger partial charge in [0.25, 0.3) is 0 Å². The van der Waals surface area contributed by atoms with Crippen LogP contribution in [0.25, 0.3) is 0 Å². The number of aryl methyl sites for hydroxylation is 2. The minimum atomic E-state index is 0.135. The number of carbonyl (C=O) groups excluding carboxylic acids is 1. The number of Topliss-reactive ketones (excluding diaryl/α,β-unsaturated/α-hetero) is 1. The molecule has 0 saturated heterocycles. The van der Waals surface area contributed by atoms with E-state index < -0.39 is 0 Å². The first-order chi connectivity index (χ1) is 8.69. The van der Waals surface area contributed by atoms with Gasteiger partial charge in [0.05, 0.1) is 5.75 Å². The molecule has 0 fully saturated rings. The van der Waals surface area contributed by atoms with Crippen molar-refractivity contribution in [3.63, 3.8) is 0 Å². The first-order valence-corrected chi connectivity index (χ1v) is 7.54. The molecule has 0 atom stereocenters. The van der Waals surface area contributed by atoms with E-state index in [9.17, 15) is 4.79 Å². The van der Waals surface area contributed by atoms with Gasteiger partial charge >= 0.3 is 0 Å². The summed E-state index contributed by atoms with van der Waals surface area (Å²) in [6.45, 7) is 4.01. The summed E-state index contributed by atoms with van der Waals surface area (Å²) in [5.74, 6) is 0.551. The highest BCUT2D eigenvalue weighted by atomic mass is 32.2. The molecule has 0 radical (unpaired) electrons. The van der Waals surface area contributed by atoms with Crippen LogP contribution in [0, 0.1) is 6.92 Å². The monoisotopic (exact) mass is 278 g/mol. The molecular weight excluding hydrogens is 264 g/mol. The van der Waals surface area contributed by atoms with Crippen LogP contribution in [-0.2, 0) is 6.42 Å². The minimum Gasteiger partial charge on any atom is -0.293 e. The predicted octanol–water partition coefficient (Wildman–Crippen LogP) is 3.38. The van der Waals surface area contributed by atoms with Crippen molar-refractivity contribution in [3.8, 4) is 0 Å². The van der Waals surface area contributed by atoms with Gasteiger partial charge in [-0.15, -0.1) is 10.2 Å². The van der Waals surface area contributed by atoms with Gasteiger partial charge in [0.1, 0.15) is 5.01 Å². The van der Waals surface area contributed by atoms with Crippen LogP contribution >= 0.6 is 23.1 Å². The SMILES string of the molecule is CCc1ccc(C(=O)CSc2nnc(C)s2)cc1. The van der Waals surface area contributed by atoms with Gasteiger partial charge in [0.15, 0.2) is 10.1 Å². The number of carbonyl (C=O) groups is 1. The summed E-state index contributed by atoms with van der Waals surface area (Å²) < 4.78 is 0.853. The second kappa shape index (κ2) is 6.11. The van der Waals surface area contributed by atoms with Crippen LogP contribution in [0.2, 0.25) is 0 Å². The van der Waals surface area contributed by atoms with Crippen molar-refractivity contribution in [1.82, 2.24) is 10.2 Å². The zero-order valence-electron chi connectivity index (χ0n) is 10.3. The third kappa shape index (κ3) is 3.40. The van der Waals surface area contributed by atoms with E-state index in [1.165, 1.54) is 28.7 Å². The molecule has 3 nitrogen and oxygen atoms in total. The maximum Gasteiger partial charge on any atom is 0.174 e. The summed E-state index contributed by atoms with van der Waals surface area (Å²) >= 11 is 2.97. The summed E-state index contributed by atoms with van der Waals surface area (Å²) in [5, 5.41) is 8.84. The summed E-state index contributed by atoms with van der Waals surface area (Å²) in [7, 11) is 0. The van der Waals surface area contributed by atoms with Gasteiger partial charge in [-0.1, -0.05) is 54.3 Å². The molecule has 0 N–H and O–H groups in total. The topological polar surface area (TPSA) is 42.9 Å². The second-order valence-corrected chi connectivity index (χ2v) is 6.25. The summed E-state index contributed by atoms with van der Waals surface area (Å²) in [6.07, 6.45) is 0.993. The largest absolute Gasteiger partial charge is 0.293 e. The van der Waals surface area contributed by atoms with E-state index in [1.807, 2.05) is 31.2 Å². The molecule has 2 aromatic rings. The first kappa shape index (κ1) is 13.2. The molecule has 1 aromatic carbocycles. The van der Waals surface area contributed by atoms with Crippen molar-refractivity contribution in [2.24, 2.45) is 0 Å². The molecular formula is C13H14N2OS2. The number of thioether (sulfide) groups is 1. The first-order valence-electron chi connectivity index (χ1n) is 5.74. The van der Waals surface area contributed by atoms with E-state index in [-0.39, 0.29) is 5.78 Å². The molecule has 18 heavy (non-hydrogen) atoms. The maximum absolute atomic E-state index is 12.0. The fraction of sp³-hybridized carbons (Fsp3) is 0.308. The number of aromatic nitrogens is 2. The number of hydrogen-bond acceptors (Lipinski definition) is 5. The Bertz CT molecular complexity index is 534. The molecule has 0 saturated carbocycles. The maximum atomic E-state index is 12.0. The van der Waals surface area contributed by atoms with Crippen molar-refractivity contribution in [1.29, 1.82) is 0 Å². The van der Waals surface area contributed by atoms with Crippen LogP contribution in [0.15, 0.2) is 28.6 Å². The fourth-order valence-electron chi connectivity index (χ4n) is 1.47. The van der Waals surface area contributed by atoms with Gasteiger partial charge in [0.2, 0.25) is 0 Å². The zero-order valence-corrected chi connectivity index (χ0v) is 12.0. The Morgan fingerprint density at radius 3 is 2.56 bits per heavy atom. The number of nitrogens with zero attached hydrogens (tertiary/aromatic N) is 2.